The molecule has 23 heavy (non-hydrogen) atoms. The summed E-state index contributed by atoms with van der Waals surface area (Å²) in [6.45, 7) is 5.43. The van der Waals surface area contributed by atoms with Gasteiger partial charge in [0.2, 0.25) is 5.91 Å². The fourth-order valence-corrected chi connectivity index (χ4v) is 2.83. The van der Waals surface area contributed by atoms with E-state index in [2.05, 4.69) is 10.2 Å². The minimum atomic E-state index is 0.126. The van der Waals surface area contributed by atoms with Crippen LogP contribution in [0.2, 0.25) is 0 Å². The Hall–Kier alpha value is -2.08. The number of aromatic nitrogens is 2. The van der Waals surface area contributed by atoms with Gasteiger partial charge in [0.1, 0.15) is 10.8 Å². The van der Waals surface area contributed by atoms with Gasteiger partial charge in [-0.15, -0.1) is 10.2 Å². The van der Waals surface area contributed by atoms with Gasteiger partial charge in [0, 0.05) is 18.7 Å². The van der Waals surface area contributed by atoms with Crippen LogP contribution in [0.15, 0.2) is 41.4 Å². The Kier molecular flexibility index (Phi) is 6.40. The van der Waals surface area contributed by atoms with Crippen LogP contribution < -0.4 is 4.74 Å². The van der Waals surface area contributed by atoms with Crippen LogP contribution in [0, 0.1) is 0 Å². The summed E-state index contributed by atoms with van der Waals surface area (Å²) in [4.78, 5) is 13.8. The highest BCUT2D eigenvalue weighted by atomic mass is 32.2. The summed E-state index contributed by atoms with van der Waals surface area (Å²) in [6, 6.07) is 11.5. The maximum Gasteiger partial charge on any atom is 0.232 e. The van der Waals surface area contributed by atoms with E-state index in [0.717, 1.165) is 35.1 Å². The molecule has 0 fully saturated rings. The Balaban J connectivity index is 1.97. The molecule has 5 nitrogen and oxygen atoms in total. The van der Waals surface area contributed by atoms with Crippen molar-refractivity contribution in [2.24, 2.45) is 0 Å². The molecule has 0 unspecified atom stereocenters. The summed E-state index contributed by atoms with van der Waals surface area (Å²) in [7, 11) is 1.64. The lowest BCUT2D eigenvalue weighted by Crippen LogP contribution is -2.31. The molecule has 1 aromatic carbocycles. The highest BCUT2D eigenvalue weighted by Crippen LogP contribution is 2.22. The quantitative estimate of drug-likeness (QED) is 0.730. The monoisotopic (exact) mass is 331 g/mol. The van der Waals surface area contributed by atoms with Gasteiger partial charge in [-0.3, -0.25) is 4.79 Å². The average molecular weight is 331 g/mol. The fraction of sp³-hybridized carbons (Fsp3) is 0.353. The molecule has 0 N–H and O–H groups in total. The smallest absolute Gasteiger partial charge is 0.232 e. The summed E-state index contributed by atoms with van der Waals surface area (Å²) >= 11 is 1.41. The predicted molar refractivity (Wildman–Crippen MR) is 92.7 cm³/mol. The molecule has 0 aliphatic heterocycles. The third-order valence-electron chi connectivity index (χ3n) is 3.49. The Bertz CT molecular complexity index is 625. The number of hydrogen-bond donors (Lipinski definition) is 0. The molecule has 0 aliphatic rings. The van der Waals surface area contributed by atoms with Gasteiger partial charge in [0.05, 0.1) is 18.6 Å². The maximum atomic E-state index is 12.0. The van der Waals surface area contributed by atoms with Crippen molar-refractivity contribution < 1.29 is 9.53 Å². The Labute approximate surface area is 141 Å². The van der Waals surface area contributed by atoms with Gasteiger partial charge in [-0.1, -0.05) is 11.8 Å². The molecule has 0 spiro atoms. The van der Waals surface area contributed by atoms with E-state index in [-0.39, 0.29) is 5.91 Å². The zero-order valence-electron chi connectivity index (χ0n) is 13.7. The number of amides is 1. The van der Waals surface area contributed by atoms with Crippen molar-refractivity contribution in [2.45, 2.75) is 18.9 Å². The van der Waals surface area contributed by atoms with Crippen LogP contribution in [0.5, 0.6) is 5.75 Å². The third-order valence-corrected chi connectivity index (χ3v) is 4.39. The normalized spacial score (nSPS) is 10.4. The van der Waals surface area contributed by atoms with E-state index in [1.54, 1.807) is 7.11 Å². The second-order valence-electron chi connectivity index (χ2n) is 4.84. The first kappa shape index (κ1) is 17.3. The molecular weight excluding hydrogens is 310 g/mol. The number of rotatable bonds is 7. The van der Waals surface area contributed by atoms with E-state index in [1.165, 1.54) is 11.8 Å². The average Bonchev–Trinajstić information content (AvgIpc) is 2.61. The molecule has 0 bridgehead atoms. The summed E-state index contributed by atoms with van der Waals surface area (Å²) < 4.78 is 5.14. The molecule has 2 rings (SSSR count). The van der Waals surface area contributed by atoms with Crippen LogP contribution in [0.25, 0.3) is 11.3 Å². The zero-order chi connectivity index (χ0) is 16.7. The molecule has 1 aromatic heterocycles. The summed E-state index contributed by atoms with van der Waals surface area (Å²) in [5.41, 5.74) is 1.78. The number of carbonyl (C=O) groups is 1. The van der Waals surface area contributed by atoms with E-state index >= 15 is 0 Å². The lowest BCUT2D eigenvalue weighted by atomic mass is 10.1. The van der Waals surface area contributed by atoms with Crippen molar-refractivity contribution in [2.75, 3.05) is 26.0 Å². The van der Waals surface area contributed by atoms with Crippen LogP contribution in [0.3, 0.4) is 0 Å². The number of hydrogen-bond acceptors (Lipinski definition) is 5. The lowest BCUT2D eigenvalue weighted by molar-refractivity contribution is -0.127. The van der Waals surface area contributed by atoms with Crippen molar-refractivity contribution in [3.8, 4) is 17.0 Å². The maximum absolute atomic E-state index is 12.0. The number of ether oxygens (including phenoxy) is 1. The first-order chi connectivity index (χ1) is 11.2. The summed E-state index contributed by atoms with van der Waals surface area (Å²) in [6.07, 6.45) is 0. The van der Waals surface area contributed by atoms with Crippen molar-refractivity contribution >= 4 is 17.7 Å². The topological polar surface area (TPSA) is 55.3 Å². The van der Waals surface area contributed by atoms with Gasteiger partial charge < -0.3 is 9.64 Å². The minimum absolute atomic E-state index is 0.126. The van der Waals surface area contributed by atoms with Crippen molar-refractivity contribution in [1.29, 1.82) is 0 Å². The van der Waals surface area contributed by atoms with E-state index in [0.29, 0.717) is 5.75 Å². The van der Waals surface area contributed by atoms with E-state index < -0.39 is 0 Å². The van der Waals surface area contributed by atoms with Gasteiger partial charge in [-0.05, 0) is 50.2 Å². The molecule has 0 atom stereocenters. The second-order valence-corrected chi connectivity index (χ2v) is 5.84. The van der Waals surface area contributed by atoms with Crippen molar-refractivity contribution in [3.05, 3.63) is 36.4 Å². The Morgan fingerprint density at radius 3 is 2.30 bits per heavy atom. The second kappa shape index (κ2) is 8.53. The standard InChI is InChI=1S/C17H21N3O2S/c1-4-20(5-2)17(21)12-23-16-11-10-15(18-19-16)13-6-8-14(22-3)9-7-13/h6-11H,4-5,12H2,1-3H3. The summed E-state index contributed by atoms with van der Waals surface area (Å²) in [5, 5.41) is 9.18. The van der Waals surface area contributed by atoms with Crippen LogP contribution in [0.4, 0.5) is 0 Å². The molecular formula is C17H21N3O2S. The van der Waals surface area contributed by atoms with Gasteiger partial charge in [0.15, 0.2) is 0 Å². The number of carbonyl (C=O) groups excluding carboxylic acids is 1. The van der Waals surface area contributed by atoms with Gasteiger partial charge >= 0.3 is 0 Å². The Morgan fingerprint density at radius 2 is 1.78 bits per heavy atom. The first-order valence-electron chi connectivity index (χ1n) is 7.56. The van der Waals surface area contributed by atoms with Crippen LogP contribution in [0.1, 0.15) is 13.8 Å². The predicted octanol–water partition coefficient (Wildman–Crippen LogP) is 3.11. The van der Waals surface area contributed by atoms with Gasteiger partial charge in [-0.25, -0.2) is 0 Å². The largest absolute Gasteiger partial charge is 0.497 e. The Morgan fingerprint density at radius 1 is 1.09 bits per heavy atom. The zero-order valence-corrected chi connectivity index (χ0v) is 14.5. The van der Waals surface area contributed by atoms with Crippen LogP contribution in [-0.4, -0.2) is 47.0 Å². The molecule has 1 amide bonds. The van der Waals surface area contributed by atoms with Crippen LogP contribution in [-0.2, 0) is 4.79 Å². The summed E-state index contributed by atoms with van der Waals surface area (Å²) in [5.74, 6) is 1.32. The molecule has 0 radical (unpaired) electrons. The van der Waals surface area contributed by atoms with Crippen LogP contribution >= 0.6 is 11.8 Å². The molecule has 2 aromatic rings. The van der Waals surface area contributed by atoms with Crippen molar-refractivity contribution in [3.63, 3.8) is 0 Å². The molecule has 0 aliphatic carbocycles. The first-order valence-corrected chi connectivity index (χ1v) is 8.55. The number of thioether (sulfide) groups is 1. The number of benzene rings is 1. The molecule has 122 valence electrons. The molecule has 0 saturated carbocycles. The van der Waals surface area contributed by atoms with E-state index in [4.69, 9.17) is 4.74 Å². The highest BCUT2D eigenvalue weighted by molar-refractivity contribution is 7.99. The van der Waals surface area contributed by atoms with E-state index in [1.807, 2.05) is 55.1 Å². The van der Waals surface area contributed by atoms with E-state index in [9.17, 15) is 4.79 Å². The molecule has 1 heterocycles. The lowest BCUT2D eigenvalue weighted by Gasteiger charge is -2.17. The minimum Gasteiger partial charge on any atom is -0.497 e. The number of methoxy groups -OCH3 is 1. The van der Waals surface area contributed by atoms with Crippen molar-refractivity contribution in [1.82, 2.24) is 15.1 Å². The van der Waals surface area contributed by atoms with Gasteiger partial charge in [-0.2, -0.15) is 0 Å². The van der Waals surface area contributed by atoms with Gasteiger partial charge in [0.25, 0.3) is 0 Å². The molecule has 6 heteroatoms. The SMILES string of the molecule is CCN(CC)C(=O)CSc1ccc(-c2ccc(OC)cc2)nn1. The third kappa shape index (κ3) is 4.69. The fourth-order valence-electron chi connectivity index (χ4n) is 2.12. The number of nitrogens with zero attached hydrogens (tertiary/aromatic N) is 3. The molecule has 0 saturated heterocycles. The highest BCUT2D eigenvalue weighted by Gasteiger charge is 2.10.